The zero-order valence-corrected chi connectivity index (χ0v) is 10.5. The summed E-state index contributed by atoms with van der Waals surface area (Å²) in [5.74, 6) is 3.29. The summed E-state index contributed by atoms with van der Waals surface area (Å²) in [5.41, 5.74) is 0.707. The number of hydrogen-bond donors (Lipinski definition) is 0. The molecule has 1 heteroatoms. The molecule has 4 fully saturated rings. The van der Waals surface area contributed by atoms with Gasteiger partial charge in [0.25, 0.3) is 0 Å². The third-order valence-corrected chi connectivity index (χ3v) is 5.75. The van der Waals surface area contributed by atoms with Crippen LogP contribution in [-0.4, -0.2) is 25.0 Å². The zero-order valence-electron chi connectivity index (χ0n) is 10.5. The summed E-state index contributed by atoms with van der Waals surface area (Å²) < 4.78 is 0. The van der Waals surface area contributed by atoms with E-state index in [1.54, 1.807) is 38.5 Å². The van der Waals surface area contributed by atoms with E-state index in [1.807, 2.05) is 0 Å². The van der Waals surface area contributed by atoms with Crippen LogP contribution in [0.1, 0.15) is 45.4 Å². The molecule has 0 aliphatic heterocycles. The van der Waals surface area contributed by atoms with Crippen LogP contribution >= 0.6 is 0 Å². The highest BCUT2D eigenvalue weighted by molar-refractivity contribution is 5.05. The molecule has 0 aromatic carbocycles. The molecule has 15 heavy (non-hydrogen) atoms. The Morgan fingerprint density at radius 1 is 0.933 bits per heavy atom. The van der Waals surface area contributed by atoms with Gasteiger partial charge in [-0.25, -0.2) is 0 Å². The molecular formula is C14H25N. The molecule has 1 atom stereocenters. The summed E-state index contributed by atoms with van der Waals surface area (Å²) in [5, 5.41) is 0. The van der Waals surface area contributed by atoms with Crippen molar-refractivity contribution in [3.63, 3.8) is 0 Å². The first-order chi connectivity index (χ1) is 7.09. The summed E-state index contributed by atoms with van der Waals surface area (Å²) in [6.45, 7) is 2.47. The van der Waals surface area contributed by atoms with Crippen LogP contribution in [0.2, 0.25) is 0 Å². The Morgan fingerprint density at radius 3 is 1.67 bits per heavy atom. The van der Waals surface area contributed by atoms with Gasteiger partial charge in [-0.1, -0.05) is 0 Å². The third-order valence-electron chi connectivity index (χ3n) is 5.75. The number of rotatable bonds is 2. The summed E-state index contributed by atoms with van der Waals surface area (Å²) >= 11 is 0. The van der Waals surface area contributed by atoms with Gasteiger partial charge in [-0.05, 0) is 82.7 Å². The van der Waals surface area contributed by atoms with Crippen molar-refractivity contribution in [3.05, 3.63) is 0 Å². The van der Waals surface area contributed by atoms with Crippen LogP contribution in [0.4, 0.5) is 0 Å². The minimum absolute atomic E-state index is 0.707. The van der Waals surface area contributed by atoms with E-state index in [4.69, 9.17) is 0 Å². The van der Waals surface area contributed by atoms with Crippen LogP contribution in [0, 0.1) is 23.2 Å². The van der Waals surface area contributed by atoms with Crippen LogP contribution in [0.25, 0.3) is 0 Å². The molecule has 0 spiro atoms. The van der Waals surface area contributed by atoms with Gasteiger partial charge in [0.1, 0.15) is 0 Å². The van der Waals surface area contributed by atoms with Gasteiger partial charge in [0, 0.05) is 6.04 Å². The lowest BCUT2D eigenvalue weighted by molar-refractivity contribution is -0.0887. The Hall–Kier alpha value is -0.0400. The average molecular weight is 207 g/mol. The minimum atomic E-state index is 0.707. The molecule has 0 aromatic heterocycles. The maximum atomic E-state index is 2.47. The van der Waals surface area contributed by atoms with Gasteiger partial charge in [0.05, 0.1) is 0 Å². The first-order valence-corrected chi connectivity index (χ1v) is 6.75. The minimum Gasteiger partial charge on any atom is -0.306 e. The lowest BCUT2D eigenvalue weighted by atomic mass is 9.48. The highest BCUT2D eigenvalue weighted by Gasteiger charge is 2.53. The van der Waals surface area contributed by atoms with Crippen LogP contribution in [-0.2, 0) is 0 Å². The maximum Gasteiger partial charge on any atom is 0.0118 e. The van der Waals surface area contributed by atoms with Gasteiger partial charge in [-0.15, -0.1) is 0 Å². The molecule has 4 saturated carbocycles. The summed E-state index contributed by atoms with van der Waals surface area (Å²) in [7, 11) is 4.53. The molecule has 0 saturated heterocycles. The van der Waals surface area contributed by atoms with Crippen LogP contribution in [0.5, 0.6) is 0 Å². The molecule has 1 unspecified atom stereocenters. The van der Waals surface area contributed by atoms with Crippen LogP contribution < -0.4 is 0 Å². The van der Waals surface area contributed by atoms with Gasteiger partial charge in [0.15, 0.2) is 0 Å². The van der Waals surface area contributed by atoms with Crippen LogP contribution in [0.3, 0.4) is 0 Å². The fraction of sp³-hybridized carbons (Fsp3) is 1.00. The summed E-state index contributed by atoms with van der Waals surface area (Å²) in [6, 6.07) is 0.797. The molecule has 4 aliphatic carbocycles. The normalized spacial score (nSPS) is 50.0. The van der Waals surface area contributed by atoms with Crippen molar-refractivity contribution < 1.29 is 0 Å². The molecule has 86 valence electrons. The van der Waals surface area contributed by atoms with E-state index in [0.717, 1.165) is 23.8 Å². The van der Waals surface area contributed by atoms with Crippen LogP contribution in [0.15, 0.2) is 0 Å². The van der Waals surface area contributed by atoms with Crippen molar-refractivity contribution in [1.82, 2.24) is 4.90 Å². The Bertz CT molecular complexity index is 221. The molecule has 1 nitrogen and oxygen atoms in total. The average Bonchev–Trinajstić information content (AvgIpc) is 2.14. The first-order valence-electron chi connectivity index (χ1n) is 6.75. The predicted molar refractivity (Wildman–Crippen MR) is 63.8 cm³/mol. The second-order valence-corrected chi connectivity index (χ2v) is 6.92. The van der Waals surface area contributed by atoms with Crippen molar-refractivity contribution in [2.75, 3.05) is 14.1 Å². The van der Waals surface area contributed by atoms with Gasteiger partial charge in [-0.3, -0.25) is 0 Å². The van der Waals surface area contributed by atoms with Crippen molar-refractivity contribution in [1.29, 1.82) is 0 Å². The molecule has 0 aromatic rings. The van der Waals surface area contributed by atoms with E-state index in [-0.39, 0.29) is 0 Å². The number of hydrogen-bond acceptors (Lipinski definition) is 1. The molecule has 4 aliphatic rings. The van der Waals surface area contributed by atoms with Crippen molar-refractivity contribution >= 4 is 0 Å². The predicted octanol–water partition coefficient (Wildman–Crippen LogP) is 3.15. The standard InChI is InChI=1S/C14H25N/c1-10(15(2)3)14-7-11-4-12(8-14)6-13(5-11)9-14/h10-13H,4-9H2,1-3H3. The molecule has 0 N–H and O–H groups in total. The van der Waals surface area contributed by atoms with Crippen molar-refractivity contribution in [3.8, 4) is 0 Å². The molecule has 4 rings (SSSR count). The Labute approximate surface area is 94.2 Å². The second kappa shape index (κ2) is 3.23. The monoisotopic (exact) mass is 207 g/mol. The number of nitrogens with zero attached hydrogens (tertiary/aromatic N) is 1. The molecule has 0 radical (unpaired) electrons. The van der Waals surface area contributed by atoms with E-state index >= 15 is 0 Å². The fourth-order valence-corrected chi connectivity index (χ4v) is 5.24. The van der Waals surface area contributed by atoms with E-state index in [2.05, 4.69) is 25.9 Å². The smallest absolute Gasteiger partial charge is 0.0118 e. The largest absolute Gasteiger partial charge is 0.306 e. The van der Waals surface area contributed by atoms with E-state index in [0.29, 0.717) is 5.41 Å². The quantitative estimate of drug-likeness (QED) is 0.672. The Kier molecular flexibility index (Phi) is 2.18. The highest BCUT2D eigenvalue weighted by Crippen LogP contribution is 2.61. The first kappa shape index (κ1) is 10.1. The van der Waals surface area contributed by atoms with Crippen molar-refractivity contribution in [2.24, 2.45) is 23.2 Å². The highest BCUT2D eigenvalue weighted by atomic mass is 15.1. The van der Waals surface area contributed by atoms with E-state index in [1.165, 1.54) is 0 Å². The van der Waals surface area contributed by atoms with Gasteiger partial charge >= 0.3 is 0 Å². The van der Waals surface area contributed by atoms with Crippen molar-refractivity contribution in [2.45, 2.75) is 51.5 Å². The summed E-state index contributed by atoms with van der Waals surface area (Å²) in [4.78, 5) is 2.47. The molecule has 0 amide bonds. The van der Waals surface area contributed by atoms with Gasteiger partial charge in [0.2, 0.25) is 0 Å². The van der Waals surface area contributed by atoms with Gasteiger partial charge in [-0.2, -0.15) is 0 Å². The van der Waals surface area contributed by atoms with E-state index < -0.39 is 0 Å². The third kappa shape index (κ3) is 1.46. The lowest BCUT2D eigenvalue weighted by Crippen LogP contribution is -2.54. The molecule has 4 bridgehead atoms. The molecular weight excluding hydrogens is 182 g/mol. The van der Waals surface area contributed by atoms with Gasteiger partial charge < -0.3 is 4.90 Å². The Balaban J connectivity index is 1.86. The lowest BCUT2D eigenvalue weighted by Gasteiger charge is -2.60. The van der Waals surface area contributed by atoms with E-state index in [9.17, 15) is 0 Å². The topological polar surface area (TPSA) is 3.24 Å². The molecule has 0 heterocycles. The second-order valence-electron chi connectivity index (χ2n) is 6.92. The zero-order chi connectivity index (χ0) is 10.6. The maximum absolute atomic E-state index is 2.47. The fourth-order valence-electron chi connectivity index (χ4n) is 5.24. The summed E-state index contributed by atoms with van der Waals surface area (Å²) in [6.07, 6.45) is 9.33. The Morgan fingerprint density at radius 2 is 1.33 bits per heavy atom. The SMILES string of the molecule is CC(N(C)C)C12CC3CC(CC(C3)C1)C2.